The number of nitro groups is 1. The maximum Gasteiger partial charge on any atom is 0.269 e. The lowest BCUT2D eigenvalue weighted by Crippen LogP contribution is -2.31. The highest BCUT2D eigenvalue weighted by Crippen LogP contribution is 2.43. The van der Waals surface area contributed by atoms with E-state index in [4.69, 9.17) is 9.97 Å². The highest BCUT2D eigenvalue weighted by Gasteiger charge is 2.30. The second-order valence-corrected chi connectivity index (χ2v) is 8.99. The molecule has 0 radical (unpaired) electrons. The molecule has 2 aromatic heterocycles. The van der Waals surface area contributed by atoms with Crippen LogP contribution in [-0.2, 0) is 0 Å². The van der Waals surface area contributed by atoms with E-state index in [9.17, 15) is 20.3 Å². The molecule has 1 saturated carbocycles. The number of fused-ring (bicyclic) bond motifs is 1. The molecule has 5 rings (SSSR count). The van der Waals surface area contributed by atoms with E-state index in [0.29, 0.717) is 17.3 Å². The van der Waals surface area contributed by atoms with Crippen LogP contribution in [0.1, 0.15) is 36.3 Å². The number of aliphatic hydroxyl groups excluding tert-OH is 2. The average molecular weight is 463 g/mol. The van der Waals surface area contributed by atoms with Crippen molar-refractivity contribution in [3.8, 4) is 11.1 Å². The molecule has 2 atom stereocenters. The fraction of sp³-hybridized carbons (Fsp3) is 0.250. The monoisotopic (exact) mass is 462 g/mol. The van der Waals surface area contributed by atoms with Gasteiger partial charge < -0.3 is 15.5 Å². The quantitative estimate of drug-likeness (QED) is 0.257. The summed E-state index contributed by atoms with van der Waals surface area (Å²) in [6.45, 7) is -0.354. The van der Waals surface area contributed by atoms with E-state index in [1.165, 1.54) is 24.3 Å². The minimum absolute atomic E-state index is 0.0585. The van der Waals surface area contributed by atoms with Crippen molar-refractivity contribution >= 4 is 33.1 Å². The van der Waals surface area contributed by atoms with Crippen LogP contribution < -0.4 is 5.32 Å². The summed E-state index contributed by atoms with van der Waals surface area (Å²) in [6.07, 6.45) is 1.01. The Balaban J connectivity index is 1.53. The number of nitrogens with one attached hydrogen (secondary N) is 1. The van der Waals surface area contributed by atoms with Gasteiger partial charge in [0.25, 0.3) is 5.69 Å². The van der Waals surface area contributed by atoms with E-state index in [1.54, 1.807) is 11.3 Å². The Bertz CT molecular complexity index is 1290. The third kappa shape index (κ3) is 4.30. The number of nitro benzene ring substituents is 1. The summed E-state index contributed by atoms with van der Waals surface area (Å²) in [7, 11) is 0. The van der Waals surface area contributed by atoms with Crippen LogP contribution >= 0.6 is 11.3 Å². The fourth-order valence-corrected chi connectivity index (χ4v) is 4.80. The summed E-state index contributed by atoms with van der Waals surface area (Å²) in [4.78, 5) is 20.9. The van der Waals surface area contributed by atoms with Gasteiger partial charge in [-0.1, -0.05) is 30.3 Å². The molecule has 9 heteroatoms. The summed E-state index contributed by atoms with van der Waals surface area (Å²) in [5, 5.41) is 38.1. The van der Waals surface area contributed by atoms with Crippen molar-refractivity contribution in [3.05, 3.63) is 81.5 Å². The average Bonchev–Trinajstić information content (AvgIpc) is 3.61. The standard InChI is InChI=1S/C24H22N4O4S/c29-12-19(21(30)15-8-10-17(11-9-15)28(31)32)25-23-20-18(14-4-2-1-3-5-14)13-33-24(20)27-22(26-23)16-6-7-16/h1-5,8-11,13,16,19,21,29-30H,6-7,12H2,(H,25,26,27). The van der Waals surface area contributed by atoms with Gasteiger partial charge in [-0.3, -0.25) is 10.1 Å². The molecule has 1 fully saturated rings. The molecule has 3 N–H and O–H groups in total. The number of hydrogen-bond donors (Lipinski definition) is 3. The van der Waals surface area contributed by atoms with Gasteiger partial charge in [-0.2, -0.15) is 0 Å². The van der Waals surface area contributed by atoms with Gasteiger partial charge in [0.2, 0.25) is 0 Å². The summed E-state index contributed by atoms with van der Waals surface area (Å²) in [5.74, 6) is 1.68. The molecule has 1 aliphatic carbocycles. The highest BCUT2D eigenvalue weighted by molar-refractivity contribution is 7.17. The molecule has 0 bridgehead atoms. The minimum atomic E-state index is -1.09. The predicted octanol–water partition coefficient (Wildman–Crippen LogP) is 4.65. The van der Waals surface area contributed by atoms with Crippen LogP contribution in [0.5, 0.6) is 0 Å². The van der Waals surface area contributed by atoms with Crippen molar-refractivity contribution in [2.45, 2.75) is 30.9 Å². The van der Waals surface area contributed by atoms with E-state index >= 15 is 0 Å². The van der Waals surface area contributed by atoms with Crippen LogP contribution in [0, 0.1) is 10.1 Å². The molecule has 1 aliphatic rings. The molecular weight excluding hydrogens is 440 g/mol. The van der Waals surface area contributed by atoms with Crippen LogP contribution in [-0.4, -0.2) is 37.8 Å². The third-order valence-electron chi connectivity index (χ3n) is 5.82. The van der Waals surface area contributed by atoms with Gasteiger partial charge in [-0.15, -0.1) is 11.3 Å². The Labute approximate surface area is 193 Å². The molecular formula is C24H22N4O4S. The number of nitrogens with zero attached hydrogens (tertiary/aromatic N) is 3. The van der Waals surface area contributed by atoms with Gasteiger partial charge >= 0.3 is 0 Å². The third-order valence-corrected chi connectivity index (χ3v) is 6.70. The second kappa shape index (κ2) is 8.86. The number of aliphatic hydroxyl groups is 2. The first-order chi connectivity index (χ1) is 16.0. The van der Waals surface area contributed by atoms with Crippen LogP contribution in [0.2, 0.25) is 0 Å². The van der Waals surface area contributed by atoms with Crippen LogP contribution in [0.25, 0.3) is 21.3 Å². The number of benzene rings is 2. The summed E-state index contributed by atoms with van der Waals surface area (Å²) in [5.41, 5.74) is 2.43. The molecule has 2 heterocycles. The molecule has 0 aliphatic heterocycles. The SMILES string of the molecule is O=[N+]([O-])c1ccc(C(O)C(CO)Nc2nc(C3CC3)nc3scc(-c4ccccc4)c23)cc1. The van der Waals surface area contributed by atoms with E-state index in [-0.39, 0.29) is 12.3 Å². The van der Waals surface area contributed by atoms with E-state index in [0.717, 1.165) is 40.0 Å². The lowest BCUT2D eigenvalue weighted by atomic mass is 10.0. The number of thiophene rings is 1. The highest BCUT2D eigenvalue weighted by atomic mass is 32.1. The number of hydrogen-bond acceptors (Lipinski definition) is 8. The molecule has 168 valence electrons. The predicted molar refractivity (Wildman–Crippen MR) is 127 cm³/mol. The fourth-order valence-electron chi connectivity index (χ4n) is 3.84. The number of non-ortho nitro benzene ring substituents is 1. The Morgan fingerprint density at radius 2 is 1.85 bits per heavy atom. The molecule has 2 aromatic carbocycles. The molecule has 4 aromatic rings. The maximum atomic E-state index is 10.9. The van der Waals surface area contributed by atoms with Crippen molar-refractivity contribution in [2.24, 2.45) is 0 Å². The summed E-state index contributed by atoms with van der Waals surface area (Å²) in [6, 6.07) is 14.9. The molecule has 2 unspecified atom stereocenters. The lowest BCUT2D eigenvalue weighted by molar-refractivity contribution is -0.384. The number of rotatable bonds is 8. The van der Waals surface area contributed by atoms with Crippen molar-refractivity contribution in [1.29, 1.82) is 0 Å². The van der Waals surface area contributed by atoms with E-state index < -0.39 is 17.1 Å². The van der Waals surface area contributed by atoms with Crippen molar-refractivity contribution in [1.82, 2.24) is 9.97 Å². The van der Waals surface area contributed by atoms with Gasteiger partial charge in [0.1, 0.15) is 22.6 Å². The first-order valence-corrected chi connectivity index (χ1v) is 11.6. The van der Waals surface area contributed by atoms with Crippen molar-refractivity contribution < 1.29 is 15.1 Å². The van der Waals surface area contributed by atoms with Crippen molar-refractivity contribution in [3.63, 3.8) is 0 Å². The first kappa shape index (κ1) is 21.4. The maximum absolute atomic E-state index is 10.9. The summed E-state index contributed by atoms with van der Waals surface area (Å²) < 4.78 is 0. The second-order valence-electron chi connectivity index (χ2n) is 8.13. The Kier molecular flexibility index (Phi) is 5.76. The lowest BCUT2D eigenvalue weighted by Gasteiger charge is -2.24. The molecule has 0 saturated heterocycles. The first-order valence-electron chi connectivity index (χ1n) is 10.7. The minimum Gasteiger partial charge on any atom is -0.394 e. The summed E-state index contributed by atoms with van der Waals surface area (Å²) >= 11 is 1.55. The Hall–Kier alpha value is -3.40. The van der Waals surface area contributed by atoms with Gasteiger partial charge in [0.05, 0.1) is 23.0 Å². The molecule has 8 nitrogen and oxygen atoms in total. The van der Waals surface area contributed by atoms with Gasteiger partial charge in [-0.05, 0) is 36.1 Å². The number of aromatic nitrogens is 2. The van der Waals surface area contributed by atoms with Crippen LogP contribution in [0.4, 0.5) is 11.5 Å². The molecule has 0 spiro atoms. The van der Waals surface area contributed by atoms with E-state index in [2.05, 4.69) is 10.7 Å². The topological polar surface area (TPSA) is 121 Å². The van der Waals surface area contributed by atoms with Crippen molar-refractivity contribution in [2.75, 3.05) is 11.9 Å². The number of anilines is 1. The van der Waals surface area contributed by atoms with Crippen LogP contribution in [0.15, 0.2) is 60.0 Å². The normalized spacial score (nSPS) is 15.3. The van der Waals surface area contributed by atoms with Crippen LogP contribution in [0.3, 0.4) is 0 Å². The molecule has 33 heavy (non-hydrogen) atoms. The largest absolute Gasteiger partial charge is 0.394 e. The van der Waals surface area contributed by atoms with Gasteiger partial charge in [0, 0.05) is 29.0 Å². The van der Waals surface area contributed by atoms with Gasteiger partial charge in [0.15, 0.2) is 0 Å². The Morgan fingerprint density at radius 3 is 2.48 bits per heavy atom. The zero-order valence-corrected chi connectivity index (χ0v) is 18.4. The van der Waals surface area contributed by atoms with E-state index in [1.807, 2.05) is 30.3 Å². The zero-order chi connectivity index (χ0) is 22.9. The molecule has 0 amide bonds. The zero-order valence-electron chi connectivity index (χ0n) is 17.6. The smallest absolute Gasteiger partial charge is 0.269 e. The van der Waals surface area contributed by atoms with Gasteiger partial charge in [-0.25, -0.2) is 9.97 Å². The Morgan fingerprint density at radius 1 is 1.12 bits per heavy atom.